The minimum atomic E-state index is 0.0174. The molecular formula is C20H20N4OS2. The van der Waals surface area contributed by atoms with Gasteiger partial charge < -0.3 is 5.32 Å². The van der Waals surface area contributed by atoms with E-state index in [9.17, 15) is 4.79 Å². The molecular weight excluding hydrogens is 376 g/mol. The molecule has 0 spiro atoms. The molecule has 0 unspecified atom stereocenters. The molecule has 4 aromatic rings. The van der Waals surface area contributed by atoms with Gasteiger partial charge >= 0.3 is 0 Å². The largest absolute Gasteiger partial charge is 0.355 e. The highest BCUT2D eigenvalue weighted by Crippen LogP contribution is 2.30. The van der Waals surface area contributed by atoms with Gasteiger partial charge in [-0.1, -0.05) is 49.0 Å². The summed E-state index contributed by atoms with van der Waals surface area (Å²) in [7, 11) is 0. The van der Waals surface area contributed by atoms with Crippen molar-refractivity contribution in [1.29, 1.82) is 0 Å². The number of thiophene rings is 1. The summed E-state index contributed by atoms with van der Waals surface area (Å²) in [5, 5.41) is 14.6. The molecule has 0 radical (unpaired) electrons. The molecule has 0 fully saturated rings. The minimum Gasteiger partial charge on any atom is -0.355 e. The van der Waals surface area contributed by atoms with Crippen LogP contribution in [0.3, 0.4) is 0 Å². The van der Waals surface area contributed by atoms with Crippen LogP contribution in [-0.2, 0) is 17.6 Å². The van der Waals surface area contributed by atoms with Crippen molar-refractivity contribution in [2.75, 3.05) is 12.3 Å². The van der Waals surface area contributed by atoms with Crippen molar-refractivity contribution >= 4 is 44.7 Å². The smallest absolute Gasteiger partial charge is 0.230 e. The first kappa shape index (κ1) is 18.0. The summed E-state index contributed by atoms with van der Waals surface area (Å²) in [6, 6.07) is 14.4. The molecule has 0 bridgehead atoms. The number of rotatable bonds is 7. The summed E-state index contributed by atoms with van der Waals surface area (Å²) in [6.07, 6.45) is 1.65. The lowest BCUT2D eigenvalue weighted by molar-refractivity contribution is -0.118. The van der Waals surface area contributed by atoms with E-state index in [0.717, 1.165) is 34.7 Å². The molecule has 3 heterocycles. The summed E-state index contributed by atoms with van der Waals surface area (Å²) >= 11 is 3.15. The maximum Gasteiger partial charge on any atom is 0.230 e. The van der Waals surface area contributed by atoms with Crippen molar-refractivity contribution in [2.45, 2.75) is 24.8 Å². The summed E-state index contributed by atoms with van der Waals surface area (Å²) < 4.78 is 3.38. The van der Waals surface area contributed by atoms with Crippen LogP contribution in [0.25, 0.3) is 15.7 Å². The maximum atomic E-state index is 12.2. The average molecular weight is 397 g/mol. The summed E-state index contributed by atoms with van der Waals surface area (Å²) in [6.45, 7) is 2.72. The lowest BCUT2D eigenvalue weighted by Gasteiger charge is -2.08. The third-order valence-electron chi connectivity index (χ3n) is 4.39. The number of aromatic nitrogens is 3. The first-order valence-electron chi connectivity index (χ1n) is 8.94. The molecule has 0 aliphatic heterocycles. The Bertz CT molecular complexity index is 1070. The summed E-state index contributed by atoms with van der Waals surface area (Å²) in [5.74, 6) is 1.29. The van der Waals surface area contributed by atoms with Crippen molar-refractivity contribution in [2.24, 2.45) is 0 Å². The zero-order valence-electron chi connectivity index (χ0n) is 15.0. The van der Waals surface area contributed by atoms with Gasteiger partial charge in [-0.15, -0.1) is 21.5 Å². The first-order chi connectivity index (χ1) is 13.3. The SMILES string of the molecule is CCc1nnc(SCC(=O)NCCc2ccccc2)c2cc3sccc3n12. The third kappa shape index (κ3) is 3.84. The zero-order valence-corrected chi connectivity index (χ0v) is 16.6. The number of hydrogen-bond acceptors (Lipinski definition) is 5. The van der Waals surface area contributed by atoms with Gasteiger partial charge in [0.25, 0.3) is 0 Å². The molecule has 5 nitrogen and oxygen atoms in total. The molecule has 0 aliphatic carbocycles. The Morgan fingerprint density at radius 3 is 2.85 bits per heavy atom. The van der Waals surface area contributed by atoms with Crippen LogP contribution in [0.15, 0.2) is 52.9 Å². The van der Waals surface area contributed by atoms with E-state index in [1.165, 1.54) is 22.0 Å². The van der Waals surface area contributed by atoms with Crippen LogP contribution in [-0.4, -0.2) is 32.8 Å². The summed E-state index contributed by atoms with van der Waals surface area (Å²) in [4.78, 5) is 12.2. The number of nitrogens with one attached hydrogen (secondary N) is 1. The van der Waals surface area contributed by atoms with Crippen LogP contribution in [0.5, 0.6) is 0 Å². The Morgan fingerprint density at radius 2 is 2.04 bits per heavy atom. The van der Waals surface area contributed by atoms with Crippen LogP contribution >= 0.6 is 23.1 Å². The van der Waals surface area contributed by atoms with Gasteiger partial charge in [-0.05, 0) is 29.5 Å². The second-order valence-electron chi connectivity index (χ2n) is 6.18. The minimum absolute atomic E-state index is 0.0174. The van der Waals surface area contributed by atoms with Crippen molar-refractivity contribution in [3.8, 4) is 0 Å². The Kier molecular flexibility index (Phi) is 5.40. The Labute approximate surface area is 165 Å². The molecule has 7 heteroatoms. The number of hydrogen-bond donors (Lipinski definition) is 1. The van der Waals surface area contributed by atoms with E-state index in [-0.39, 0.29) is 5.91 Å². The van der Waals surface area contributed by atoms with E-state index in [1.54, 1.807) is 11.3 Å². The molecule has 0 aliphatic rings. The number of amides is 1. The van der Waals surface area contributed by atoms with E-state index >= 15 is 0 Å². The van der Waals surface area contributed by atoms with E-state index in [4.69, 9.17) is 0 Å². The fraction of sp³-hybridized carbons (Fsp3) is 0.250. The Morgan fingerprint density at radius 1 is 1.19 bits per heavy atom. The number of nitrogens with zero attached hydrogens (tertiary/aromatic N) is 3. The average Bonchev–Trinajstić information content (AvgIpc) is 3.28. The third-order valence-corrected chi connectivity index (χ3v) is 6.22. The van der Waals surface area contributed by atoms with Crippen molar-refractivity contribution < 1.29 is 4.79 Å². The van der Waals surface area contributed by atoms with Gasteiger partial charge in [-0.2, -0.15) is 0 Å². The number of carbonyl (C=O) groups excluding carboxylic acids is 1. The number of aryl methyl sites for hydroxylation is 1. The highest BCUT2D eigenvalue weighted by Gasteiger charge is 2.14. The first-order valence-corrected chi connectivity index (χ1v) is 10.8. The Hall–Kier alpha value is -2.38. The second-order valence-corrected chi connectivity index (χ2v) is 8.10. The van der Waals surface area contributed by atoms with Crippen LogP contribution in [0.2, 0.25) is 0 Å². The molecule has 138 valence electrons. The summed E-state index contributed by atoms with van der Waals surface area (Å²) in [5.41, 5.74) is 3.42. The zero-order chi connectivity index (χ0) is 18.6. The monoisotopic (exact) mass is 396 g/mol. The molecule has 1 N–H and O–H groups in total. The predicted octanol–water partition coefficient (Wildman–Crippen LogP) is 3.96. The van der Waals surface area contributed by atoms with Gasteiger partial charge in [0.05, 0.1) is 21.5 Å². The lowest BCUT2D eigenvalue weighted by Crippen LogP contribution is -2.27. The highest BCUT2D eigenvalue weighted by molar-refractivity contribution is 8.00. The van der Waals surface area contributed by atoms with Gasteiger partial charge in [0.2, 0.25) is 5.91 Å². The van der Waals surface area contributed by atoms with Crippen molar-refractivity contribution in [3.63, 3.8) is 0 Å². The quantitative estimate of drug-likeness (QED) is 0.481. The second kappa shape index (κ2) is 8.10. The standard InChI is InChI=1S/C20H20N4OS2/c1-2-18-22-23-20(16-12-17-15(24(16)18)9-11-26-17)27-13-19(25)21-10-8-14-6-4-3-5-7-14/h3-7,9,11-12H,2,8,10,13H2,1H3,(H,21,25). The van der Waals surface area contributed by atoms with Gasteiger partial charge in [0, 0.05) is 13.0 Å². The molecule has 4 rings (SSSR count). The van der Waals surface area contributed by atoms with Crippen LogP contribution in [0, 0.1) is 0 Å². The number of thioether (sulfide) groups is 1. The maximum absolute atomic E-state index is 12.2. The predicted molar refractivity (Wildman–Crippen MR) is 112 cm³/mol. The van der Waals surface area contributed by atoms with Crippen LogP contribution in [0.1, 0.15) is 18.3 Å². The van der Waals surface area contributed by atoms with Crippen LogP contribution in [0.4, 0.5) is 0 Å². The fourth-order valence-corrected chi connectivity index (χ4v) is 4.64. The number of carbonyl (C=O) groups is 1. The van der Waals surface area contributed by atoms with Crippen molar-refractivity contribution in [3.05, 3.63) is 59.2 Å². The fourth-order valence-electron chi connectivity index (χ4n) is 3.07. The Balaban J connectivity index is 1.42. The highest BCUT2D eigenvalue weighted by atomic mass is 32.2. The molecule has 1 aromatic carbocycles. The molecule has 0 saturated heterocycles. The van der Waals surface area contributed by atoms with Gasteiger partial charge in [0.1, 0.15) is 10.9 Å². The van der Waals surface area contributed by atoms with Crippen LogP contribution < -0.4 is 5.32 Å². The number of benzene rings is 1. The molecule has 3 aromatic heterocycles. The molecule has 1 amide bonds. The van der Waals surface area contributed by atoms with E-state index in [1.807, 2.05) is 18.2 Å². The van der Waals surface area contributed by atoms with Gasteiger partial charge in [0.15, 0.2) is 0 Å². The molecule has 27 heavy (non-hydrogen) atoms. The van der Waals surface area contributed by atoms with E-state index in [0.29, 0.717) is 12.3 Å². The number of fused-ring (bicyclic) bond motifs is 3. The topological polar surface area (TPSA) is 59.3 Å². The lowest BCUT2D eigenvalue weighted by atomic mass is 10.1. The van der Waals surface area contributed by atoms with Gasteiger partial charge in [-0.3, -0.25) is 9.20 Å². The van der Waals surface area contributed by atoms with Crippen molar-refractivity contribution in [1.82, 2.24) is 19.9 Å². The van der Waals surface area contributed by atoms with Gasteiger partial charge in [-0.25, -0.2) is 0 Å². The molecule has 0 atom stereocenters. The van der Waals surface area contributed by atoms with E-state index < -0.39 is 0 Å². The normalized spacial score (nSPS) is 11.3. The van der Waals surface area contributed by atoms with E-state index in [2.05, 4.69) is 56.5 Å². The molecule has 0 saturated carbocycles.